The number of hydrogen-bond acceptors (Lipinski definition) is 5. The van der Waals surface area contributed by atoms with Crippen LogP contribution in [0.15, 0.2) is 49.2 Å². The Hall–Kier alpha value is -3.03. The highest BCUT2D eigenvalue weighted by Gasteiger charge is 2.73. The third kappa shape index (κ3) is 2.18. The molecular weight excluding hydrogens is 435 g/mol. The molecule has 176 valence electrons. The number of halogens is 1. The fraction of sp³-hybridized carbons (Fsp3) is 0.407. The highest BCUT2D eigenvalue weighted by atomic mass is 19.1. The summed E-state index contributed by atoms with van der Waals surface area (Å²) < 4.78 is 22.8. The number of fused-ring (bicyclic) bond motifs is 1. The Morgan fingerprint density at radius 2 is 2.03 bits per heavy atom. The summed E-state index contributed by atoms with van der Waals surface area (Å²) in [5, 5.41) is 35.1. The van der Waals surface area contributed by atoms with Gasteiger partial charge in [0.1, 0.15) is 11.9 Å². The van der Waals surface area contributed by atoms with Crippen molar-refractivity contribution < 1.29 is 24.4 Å². The average molecular weight is 463 g/mol. The molecule has 0 amide bonds. The van der Waals surface area contributed by atoms with E-state index in [-0.39, 0.29) is 29.5 Å². The van der Waals surface area contributed by atoms with Gasteiger partial charge in [-0.1, -0.05) is 18.2 Å². The monoisotopic (exact) mass is 462 g/mol. The Morgan fingerprint density at radius 3 is 2.82 bits per heavy atom. The smallest absolute Gasteiger partial charge is 0.199 e. The highest BCUT2D eigenvalue weighted by Crippen LogP contribution is 2.67. The minimum atomic E-state index is -1.05. The summed E-state index contributed by atoms with van der Waals surface area (Å²) in [5.41, 5.74) is 0.241. The van der Waals surface area contributed by atoms with Gasteiger partial charge in [-0.2, -0.15) is 0 Å². The zero-order valence-corrected chi connectivity index (χ0v) is 18.7. The fourth-order valence-electron chi connectivity index (χ4n) is 7.73. The van der Waals surface area contributed by atoms with Crippen LogP contribution < -0.4 is 4.74 Å². The average Bonchev–Trinajstić information content (AvgIpc) is 3.34. The van der Waals surface area contributed by atoms with Crippen LogP contribution >= 0.6 is 0 Å². The van der Waals surface area contributed by atoms with Crippen LogP contribution in [0.25, 0.3) is 10.8 Å². The second kappa shape index (κ2) is 6.55. The van der Waals surface area contributed by atoms with Crippen molar-refractivity contribution in [3.05, 3.63) is 66.1 Å². The largest absolute Gasteiger partial charge is 0.504 e. The molecule has 5 atom stereocenters. The van der Waals surface area contributed by atoms with Crippen LogP contribution in [0.3, 0.4) is 0 Å². The van der Waals surface area contributed by atoms with Crippen molar-refractivity contribution in [1.29, 1.82) is 0 Å². The number of phenolic OH excluding ortho intramolecular Hbond substituents is 1. The Labute approximate surface area is 196 Å². The molecule has 4 aliphatic rings. The molecule has 2 aliphatic carbocycles. The van der Waals surface area contributed by atoms with Crippen molar-refractivity contribution in [2.45, 2.75) is 54.9 Å². The van der Waals surface area contributed by atoms with Crippen LogP contribution in [0.2, 0.25) is 0 Å². The van der Waals surface area contributed by atoms with Crippen molar-refractivity contribution in [3.8, 4) is 17.4 Å². The standard InChI is InChI=1S/C27H27FN2O4/c1-2-11-29-12-10-26-22-15-6-7-20(31)23(22)34-24(26)19(8-9-27(26,33)21(29)13-15)30-14-17-16(25(30)32)4-3-5-18(17)28/h2-7,14,19,21,24,31-33H,1,8-13H2/t19-,21-,24+,26+,27-/m1/s1. The predicted octanol–water partition coefficient (Wildman–Crippen LogP) is 3.77. The molecule has 2 bridgehead atoms. The highest BCUT2D eigenvalue weighted by molar-refractivity contribution is 5.88. The van der Waals surface area contributed by atoms with Crippen molar-refractivity contribution in [1.82, 2.24) is 9.47 Å². The second-order valence-electron chi connectivity index (χ2n) is 10.3. The van der Waals surface area contributed by atoms with Gasteiger partial charge in [0.2, 0.25) is 0 Å². The van der Waals surface area contributed by atoms with Gasteiger partial charge in [-0.15, -0.1) is 6.58 Å². The van der Waals surface area contributed by atoms with Gasteiger partial charge in [0, 0.05) is 35.1 Å². The van der Waals surface area contributed by atoms with Crippen LogP contribution in [0, 0.1) is 5.82 Å². The minimum absolute atomic E-state index is 0.00166. The molecule has 1 saturated carbocycles. The van der Waals surface area contributed by atoms with Crippen LogP contribution in [0.5, 0.6) is 17.4 Å². The van der Waals surface area contributed by atoms with Crippen LogP contribution in [0.4, 0.5) is 4.39 Å². The number of benzene rings is 2. The number of likely N-dealkylation sites (tertiary alicyclic amines) is 1. The van der Waals surface area contributed by atoms with Gasteiger partial charge >= 0.3 is 0 Å². The number of aliphatic hydroxyl groups is 1. The van der Waals surface area contributed by atoms with E-state index in [0.717, 1.165) is 17.7 Å². The van der Waals surface area contributed by atoms with Gasteiger partial charge in [0.25, 0.3) is 0 Å². The lowest BCUT2D eigenvalue weighted by Crippen LogP contribution is -2.76. The van der Waals surface area contributed by atoms with E-state index in [4.69, 9.17) is 4.74 Å². The van der Waals surface area contributed by atoms with Crippen LogP contribution in [-0.2, 0) is 11.8 Å². The van der Waals surface area contributed by atoms with E-state index in [9.17, 15) is 19.7 Å². The molecule has 2 fully saturated rings. The van der Waals surface area contributed by atoms with Crippen molar-refractivity contribution in [3.63, 3.8) is 0 Å². The van der Waals surface area contributed by atoms with Gasteiger partial charge in [-0.05, 0) is 56.0 Å². The first-order valence-electron chi connectivity index (χ1n) is 12.0. The Morgan fingerprint density at radius 1 is 1.18 bits per heavy atom. The summed E-state index contributed by atoms with van der Waals surface area (Å²) in [6.45, 7) is 5.38. The molecule has 0 unspecified atom stereocenters. The van der Waals surface area contributed by atoms with Crippen LogP contribution in [-0.4, -0.2) is 55.6 Å². The molecule has 0 radical (unpaired) electrons. The van der Waals surface area contributed by atoms with Crippen molar-refractivity contribution >= 4 is 10.8 Å². The molecule has 6 nitrogen and oxygen atoms in total. The molecule has 3 heterocycles. The Kier molecular flexibility index (Phi) is 3.92. The number of nitrogens with zero attached hydrogens (tertiary/aromatic N) is 2. The quantitative estimate of drug-likeness (QED) is 0.517. The third-order valence-electron chi connectivity index (χ3n) is 9.07. The van der Waals surface area contributed by atoms with E-state index in [1.165, 1.54) is 6.07 Å². The summed E-state index contributed by atoms with van der Waals surface area (Å²) in [7, 11) is 0. The minimum Gasteiger partial charge on any atom is -0.504 e. The lowest BCUT2D eigenvalue weighted by atomic mass is 9.48. The first-order chi connectivity index (χ1) is 16.4. The number of aromatic hydroxyl groups is 2. The van der Waals surface area contributed by atoms with E-state index < -0.39 is 17.1 Å². The number of piperidine rings is 1. The molecule has 1 aromatic heterocycles. The van der Waals surface area contributed by atoms with E-state index in [2.05, 4.69) is 11.5 Å². The number of aromatic nitrogens is 1. The molecule has 2 aliphatic heterocycles. The van der Waals surface area contributed by atoms with E-state index >= 15 is 0 Å². The second-order valence-corrected chi connectivity index (χ2v) is 10.3. The topological polar surface area (TPSA) is 78.1 Å². The summed E-state index contributed by atoms with van der Waals surface area (Å²) in [4.78, 5) is 2.31. The van der Waals surface area contributed by atoms with E-state index in [0.29, 0.717) is 48.8 Å². The zero-order valence-electron chi connectivity index (χ0n) is 18.7. The summed E-state index contributed by atoms with van der Waals surface area (Å²) in [6.07, 6.45) is 5.45. The molecule has 3 aromatic rings. The molecule has 1 spiro atoms. The van der Waals surface area contributed by atoms with Gasteiger partial charge < -0.3 is 24.6 Å². The van der Waals surface area contributed by atoms with Gasteiger partial charge in [-0.3, -0.25) is 4.90 Å². The van der Waals surface area contributed by atoms with Crippen LogP contribution in [0.1, 0.15) is 36.4 Å². The first kappa shape index (κ1) is 20.4. The molecule has 1 saturated heterocycles. The first-order valence-corrected chi connectivity index (χ1v) is 12.0. The predicted molar refractivity (Wildman–Crippen MR) is 125 cm³/mol. The maximum atomic E-state index is 14.5. The maximum absolute atomic E-state index is 14.5. The number of phenols is 1. The van der Waals surface area contributed by atoms with E-state index in [1.807, 2.05) is 12.1 Å². The lowest BCUT2D eigenvalue weighted by Gasteiger charge is -2.64. The number of ether oxygens (including phenoxy) is 1. The van der Waals surface area contributed by atoms with E-state index in [1.54, 1.807) is 29.0 Å². The van der Waals surface area contributed by atoms with Crippen molar-refractivity contribution in [2.75, 3.05) is 13.1 Å². The molecule has 2 aromatic carbocycles. The zero-order chi connectivity index (χ0) is 23.4. The van der Waals surface area contributed by atoms with Gasteiger partial charge in [-0.25, -0.2) is 4.39 Å². The normalized spacial score (nSPS) is 33.5. The maximum Gasteiger partial charge on any atom is 0.199 e. The third-order valence-corrected chi connectivity index (χ3v) is 9.07. The summed E-state index contributed by atoms with van der Waals surface area (Å²) >= 11 is 0. The number of rotatable bonds is 3. The lowest BCUT2D eigenvalue weighted by molar-refractivity contribution is -0.193. The SMILES string of the molecule is C=CCN1CC[C@]23c4c5ccc(O)c4O[C@H]2[C@H](n2cc4c(F)cccc4c2O)CC[C@@]3(O)[C@H]1C5. The number of hydrogen-bond donors (Lipinski definition) is 3. The summed E-state index contributed by atoms with van der Waals surface area (Å²) in [5.74, 6) is 0.138. The molecule has 7 rings (SSSR count). The van der Waals surface area contributed by atoms with Crippen molar-refractivity contribution in [2.24, 2.45) is 0 Å². The Bertz CT molecular complexity index is 1370. The molecular formula is C27H27FN2O4. The van der Waals surface area contributed by atoms with Gasteiger partial charge in [0.15, 0.2) is 17.4 Å². The van der Waals surface area contributed by atoms with Gasteiger partial charge in [0.05, 0.1) is 17.1 Å². The molecule has 34 heavy (non-hydrogen) atoms. The molecule has 3 N–H and O–H groups in total. The molecule has 7 heteroatoms. The summed E-state index contributed by atoms with van der Waals surface area (Å²) in [6, 6.07) is 7.89. The Balaban J connectivity index is 1.45. The fourth-order valence-corrected chi connectivity index (χ4v) is 7.73.